The number of hydrogen-bond donors (Lipinski definition) is 0. The van der Waals surface area contributed by atoms with E-state index in [4.69, 9.17) is 4.74 Å². The number of nitro groups is 3. The molecule has 0 atom stereocenters. The van der Waals surface area contributed by atoms with Crippen LogP contribution in [0, 0.1) is 33.9 Å². The number of non-ortho nitro benzene ring substituents is 2. The van der Waals surface area contributed by atoms with Gasteiger partial charge in [-0.25, -0.2) is 0 Å². The summed E-state index contributed by atoms with van der Waals surface area (Å²) < 4.78 is 5.86. The molecule has 6 aromatic carbocycles. The number of fused-ring (bicyclic) bond motifs is 8. The average Bonchev–Trinajstić information content (AvgIpc) is 3.31. The number of ether oxygens (including phenoxy) is 1. The van der Waals surface area contributed by atoms with Gasteiger partial charge in [0, 0.05) is 49.2 Å². The van der Waals surface area contributed by atoms with E-state index in [-0.39, 0.29) is 31.5 Å². The highest BCUT2D eigenvalue weighted by molar-refractivity contribution is 14.1. The molecular formula is C32H18IN3O8. The highest BCUT2D eigenvalue weighted by atomic mass is 127. The molecule has 0 fully saturated rings. The summed E-state index contributed by atoms with van der Waals surface area (Å²) in [7, 11) is 1.73. The molecule has 6 aromatic rings. The fourth-order valence-electron chi connectivity index (χ4n) is 5.59. The van der Waals surface area contributed by atoms with E-state index in [1.807, 2.05) is 12.1 Å². The normalized spacial score (nSPS) is 11.5. The van der Waals surface area contributed by atoms with Crippen LogP contribution >= 0.6 is 22.6 Å². The van der Waals surface area contributed by atoms with E-state index >= 15 is 0 Å². The predicted octanol–water partition coefficient (Wildman–Crippen LogP) is 8.38. The van der Waals surface area contributed by atoms with Gasteiger partial charge in [0.05, 0.1) is 33.5 Å². The number of rotatable bonds is 4. The summed E-state index contributed by atoms with van der Waals surface area (Å²) in [6, 6.07) is 27.4. The molecule has 0 unspecified atom stereocenters. The molecule has 0 radical (unpaired) electrons. The lowest BCUT2D eigenvalue weighted by Gasteiger charge is -2.11. The van der Waals surface area contributed by atoms with E-state index < -0.39 is 31.9 Å². The lowest BCUT2D eigenvalue weighted by Crippen LogP contribution is -2.00. The average molecular weight is 699 g/mol. The van der Waals surface area contributed by atoms with E-state index in [2.05, 4.69) is 54.6 Å². The summed E-state index contributed by atoms with van der Waals surface area (Å²) in [4.78, 5) is 43.3. The Kier molecular flexibility index (Phi) is 7.13. The second-order valence-corrected chi connectivity index (χ2v) is 11.0. The third-order valence-corrected chi connectivity index (χ3v) is 8.32. The Balaban J connectivity index is 0.000000158. The zero-order valence-corrected chi connectivity index (χ0v) is 24.8. The number of carbonyl (C=O) groups is 1. The van der Waals surface area contributed by atoms with Crippen molar-refractivity contribution in [3.8, 4) is 16.9 Å². The number of nitrogens with zero attached hydrogens (tertiary/aromatic N) is 3. The summed E-state index contributed by atoms with van der Waals surface area (Å²) >= 11 is 1.74. The van der Waals surface area contributed by atoms with Crippen LogP contribution in [0.15, 0.2) is 91.0 Å². The molecule has 0 saturated carbocycles. The van der Waals surface area contributed by atoms with Gasteiger partial charge in [-0.2, -0.15) is 0 Å². The quantitative estimate of drug-likeness (QED) is 0.0768. The molecule has 0 bridgehead atoms. The van der Waals surface area contributed by atoms with Crippen LogP contribution in [0.3, 0.4) is 0 Å². The fourth-order valence-corrected chi connectivity index (χ4v) is 6.47. The van der Waals surface area contributed by atoms with Gasteiger partial charge in [-0.15, -0.1) is 0 Å². The second kappa shape index (κ2) is 11.0. The molecule has 44 heavy (non-hydrogen) atoms. The van der Waals surface area contributed by atoms with Gasteiger partial charge >= 0.3 is 0 Å². The van der Waals surface area contributed by atoms with E-state index in [0.717, 1.165) is 23.9 Å². The summed E-state index contributed by atoms with van der Waals surface area (Å²) in [5.41, 5.74) is -1.66. The topological polar surface area (TPSA) is 156 Å². The summed E-state index contributed by atoms with van der Waals surface area (Å²) in [5.74, 6) is 0.220. The predicted molar refractivity (Wildman–Crippen MR) is 174 cm³/mol. The molecule has 1 aliphatic rings. The number of halogens is 1. The van der Waals surface area contributed by atoms with E-state index in [0.29, 0.717) is 0 Å². The van der Waals surface area contributed by atoms with Gasteiger partial charge in [0.25, 0.3) is 17.1 Å². The van der Waals surface area contributed by atoms with Crippen molar-refractivity contribution in [3.63, 3.8) is 0 Å². The monoisotopic (exact) mass is 699 g/mol. The van der Waals surface area contributed by atoms with Gasteiger partial charge in [-0.3, -0.25) is 35.1 Å². The van der Waals surface area contributed by atoms with Crippen molar-refractivity contribution in [2.24, 2.45) is 0 Å². The standard InChI is InChI=1S/C19H14O.C13H4IN3O7/c1-20-17-8-4-6-14-11-12-15-10-9-13-5-2-3-7-16(13)18(15)19(14)17;14-9-3-5(15(19)20)1-7-11(9)12-8(13(7)18)2-6(16(21)22)4-10(12)17(23)24/h2-12H,1H3;1-4H. The second-order valence-electron chi connectivity index (χ2n) is 9.85. The molecule has 0 spiro atoms. The zero-order valence-electron chi connectivity index (χ0n) is 22.6. The number of nitro benzene ring substituents is 3. The highest BCUT2D eigenvalue weighted by Gasteiger charge is 2.38. The maximum absolute atomic E-state index is 12.5. The molecule has 0 aromatic heterocycles. The first kappa shape index (κ1) is 28.6. The molecule has 0 saturated heterocycles. The summed E-state index contributed by atoms with van der Waals surface area (Å²) in [6.07, 6.45) is 0. The van der Waals surface area contributed by atoms with Crippen LogP contribution in [0.1, 0.15) is 15.9 Å². The van der Waals surface area contributed by atoms with E-state index in [1.54, 1.807) is 29.7 Å². The Morgan fingerprint density at radius 1 is 0.636 bits per heavy atom. The van der Waals surface area contributed by atoms with Gasteiger partial charge in [0.1, 0.15) is 5.75 Å². The zero-order chi connectivity index (χ0) is 31.3. The van der Waals surface area contributed by atoms with E-state index in [9.17, 15) is 35.1 Å². The van der Waals surface area contributed by atoms with E-state index in [1.165, 1.54) is 38.4 Å². The lowest BCUT2D eigenvalue weighted by molar-refractivity contribution is -0.393. The Hall–Kier alpha value is -5.50. The Bertz CT molecular complexity index is 2240. The van der Waals surface area contributed by atoms with Gasteiger partial charge in [-0.05, 0) is 50.2 Å². The maximum atomic E-state index is 12.5. The molecular weight excluding hydrogens is 681 g/mol. The SMILES string of the molecule is COc1cccc2ccc3ccc4ccccc4c3c12.O=C1c2cc([N+](=O)[O-])cc(I)c2-c2c1cc([N+](=O)[O-])cc2[N+](=O)[O-]. The van der Waals surface area contributed by atoms with Crippen LogP contribution < -0.4 is 4.74 Å². The van der Waals surface area contributed by atoms with Crippen molar-refractivity contribution in [1.29, 1.82) is 0 Å². The number of carbonyl (C=O) groups excluding carboxylic acids is 1. The molecule has 0 heterocycles. The van der Waals surface area contributed by atoms with Gasteiger partial charge in [0.2, 0.25) is 0 Å². The molecule has 7 rings (SSSR count). The molecule has 1 aliphatic carbocycles. The highest BCUT2D eigenvalue weighted by Crippen LogP contribution is 2.47. The first-order valence-corrected chi connectivity index (χ1v) is 14.1. The number of methoxy groups -OCH3 is 1. The first-order valence-electron chi connectivity index (χ1n) is 13.0. The molecule has 0 aliphatic heterocycles. The van der Waals surface area contributed by atoms with Crippen molar-refractivity contribution in [3.05, 3.63) is 136 Å². The van der Waals surface area contributed by atoms with Crippen LogP contribution in [-0.4, -0.2) is 27.7 Å². The van der Waals surface area contributed by atoms with Crippen LogP contribution in [0.2, 0.25) is 0 Å². The van der Waals surface area contributed by atoms with Gasteiger partial charge in [0.15, 0.2) is 5.78 Å². The Morgan fingerprint density at radius 2 is 1.20 bits per heavy atom. The molecule has 0 N–H and O–H groups in total. The summed E-state index contributed by atoms with van der Waals surface area (Å²) in [5, 5.41) is 40.7. The van der Waals surface area contributed by atoms with Crippen molar-refractivity contribution in [2.45, 2.75) is 0 Å². The van der Waals surface area contributed by atoms with Crippen LogP contribution in [0.25, 0.3) is 43.4 Å². The van der Waals surface area contributed by atoms with Gasteiger partial charge in [-0.1, -0.05) is 60.7 Å². The van der Waals surface area contributed by atoms with Crippen LogP contribution in [-0.2, 0) is 0 Å². The van der Waals surface area contributed by atoms with Crippen molar-refractivity contribution < 1.29 is 24.3 Å². The Labute approximate surface area is 261 Å². The van der Waals surface area contributed by atoms with Crippen molar-refractivity contribution in [1.82, 2.24) is 0 Å². The van der Waals surface area contributed by atoms with Gasteiger partial charge < -0.3 is 4.74 Å². The summed E-state index contributed by atoms with van der Waals surface area (Å²) in [6.45, 7) is 0. The molecule has 11 nitrogen and oxygen atoms in total. The smallest absolute Gasteiger partial charge is 0.284 e. The maximum Gasteiger partial charge on any atom is 0.284 e. The number of ketones is 1. The fraction of sp³-hybridized carbons (Fsp3) is 0.0312. The third kappa shape index (κ3) is 4.65. The van der Waals surface area contributed by atoms with Crippen LogP contribution in [0.4, 0.5) is 17.1 Å². The van der Waals surface area contributed by atoms with Crippen molar-refractivity contribution in [2.75, 3.05) is 7.11 Å². The minimum absolute atomic E-state index is 0.0510. The largest absolute Gasteiger partial charge is 0.496 e. The third-order valence-electron chi connectivity index (χ3n) is 7.47. The Morgan fingerprint density at radius 3 is 1.84 bits per heavy atom. The lowest BCUT2D eigenvalue weighted by atomic mass is 9.96. The number of hydrogen-bond acceptors (Lipinski definition) is 8. The molecule has 216 valence electrons. The minimum atomic E-state index is -0.836. The van der Waals surface area contributed by atoms with Crippen LogP contribution in [0.5, 0.6) is 5.75 Å². The number of benzene rings is 6. The molecule has 12 heteroatoms. The minimum Gasteiger partial charge on any atom is -0.496 e. The molecule has 0 amide bonds. The van der Waals surface area contributed by atoms with Crippen molar-refractivity contribution >= 4 is 77.8 Å². The first-order chi connectivity index (χ1) is 21.1.